The number of hydrogen-bond donors (Lipinski definition) is 1. The summed E-state index contributed by atoms with van der Waals surface area (Å²) in [4.78, 5) is 13.1. The van der Waals surface area contributed by atoms with Crippen molar-refractivity contribution in [1.82, 2.24) is 14.9 Å². The second-order valence-electron chi connectivity index (χ2n) is 4.27. The third-order valence-electron chi connectivity index (χ3n) is 3.07. The van der Waals surface area contributed by atoms with Crippen LogP contribution in [0.1, 0.15) is 0 Å². The molecule has 2 N–H and O–H groups in total. The van der Waals surface area contributed by atoms with Crippen LogP contribution in [0.5, 0.6) is 5.75 Å². The van der Waals surface area contributed by atoms with Crippen LogP contribution in [0.2, 0.25) is 0 Å². The zero-order valence-corrected chi connectivity index (χ0v) is 10.3. The third-order valence-corrected chi connectivity index (χ3v) is 3.07. The number of ether oxygens (including phenoxy) is 1. The number of nitrogens with zero attached hydrogens (tertiary/aromatic N) is 4. The molecule has 0 aliphatic carbocycles. The molecule has 2 heterocycles. The van der Waals surface area contributed by atoms with Gasteiger partial charge in [-0.3, -0.25) is 0 Å². The number of rotatable bonds is 3. The average Bonchev–Trinajstić information content (AvgIpc) is 2.39. The maximum Gasteiger partial charge on any atom is 0.225 e. The van der Waals surface area contributed by atoms with E-state index in [0.29, 0.717) is 12.3 Å². The van der Waals surface area contributed by atoms with Gasteiger partial charge in [-0.1, -0.05) is 0 Å². The fourth-order valence-electron chi connectivity index (χ4n) is 2.04. The van der Waals surface area contributed by atoms with Gasteiger partial charge in [-0.05, 0) is 7.05 Å². The Kier molecular flexibility index (Phi) is 3.75. The van der Waals surface area contributed by atoms with Crippen LogP contribution >= 0.6 is 0 Å². The lowest BCUT2D eigenvalue weighted by atomic mass is 10.2. The van der Waals surface area contributed by atoms with E-state index in [1.54, 1.807) is 19.5 Å². The fourth-order valence-corrected chi connectivity index (χ4v) is 2.04. The molecule has 0 aromatic carbocycles. The van der Waals surface area contributed by atoms with Gasteiger partial charge >= 0.3 is 0 Å². The van der Waals surface area contributed by atoms with Gasteiger partial charge in [-0.25, -0.2) is 9.97 Å². The first-order valence-electron chi connectivity index (χ1n) is 5.76. The van der Waals surface area contributed by atoms with Gasteiger partial charge in [0.05, 0.1) is 25.5 Å². The summed E-state index contributed by atoms with van der Waals surface area (Å²) in [6.45, 7) is 3.47. The molecule has 1 aliphatic rings. The largest absolute Gasteiger partial charge is 0.494 e. The van der Waals surface area contributed by atoms with Gasteiger partial charge in [0.1, 0.15) is 0 Å². The van der Waals surface area contributed by atoms with Gasteiger partial charge in [0.15, 0.2) is 5.75 Å². The van der Waals surface area contributed by atoms with Gasteiger partial charge in [0, 0.05) is 26.2 Å². The minimum Gasteiger partial charge on any atom is -0.494 e. The fraction of sp³-hybridized carbons (Fsp3) is 0.636. The van der Waals surface area contributed by atoms with Crippen molar-refractivity contribution in [3.8, 4) is 5.75 Å². The van der Waals surface area contributed by atoms with Gasteiger partial charge in [-0.15, -0.1) is 0 Å². The summed E-state index contributed by atoms with van der Waals surface area (Å²) < 4.78 is 5.05. The smallest absolute Gasteiger partial charge is 0.225 e. The highest BCUT2D eigenvalue weighted by atomic mass is 16.5. The third kappa shape index (κ3) is 2.65. The van der Waals surface area contributed by atoms with E-state index in [-0.39, 0.29) is 6.04 Å². The van der Waals surface area contributed by atoms with Crippen LogP contribution in [0.15, 0.2) is 12.4 Å². The Labute approximate surface area is 101 Å². The Morgan fingerprint density at radius 1 is 1.41 bits per heavy atom. The number of piperazine rings is 1. The second-order valence-corrected chi connectivity index (χ2v) is 4.27. The first-order chi connectivity index (χ1) is 8.24. The van der Waals surface area contributed by atoms with Crippen molar-refractivity contribution in [3.63, 3.8) is 0 Å². The predicted octanol–water partition coefficient (Wildman–Crippen LogP) is -0.436. The van der Waals surface area contributed by atoms with E-state index in [9.17, 15) is 0 Å². The van der Waals surface area contributed by atoms with Crippen molar-refractivity contribution in [2.45, 2.75) is 6.04 Å². The van der Waals surface area contributed by atoms with Crippen LogP contribution in [-0.2, 0) is 0 Å². The van der Waals surface area contributed by atoms with E-state index in [1.165, 1.54) is 0 Å². The Morgan fingerprint density at radius 3 is 2.71 bits per heavy atom. The summed E-state index contributed by atoms with van der Waals surface area (Å²) in [5.41, 5.74) is 5.80. The number of nitrogens with two attached hydrogens (primary N) is 1. The molecule has 2 rings (SSSR count). The standard InChI is InChI=1S/C11H19N5O/c1-15-3-4-16(9(5-12)8-15)11-13-6-10(17-2)7-14-11/h6-7,9H,3-5,8,12H2,1-2H3. The molecule has 6 heteroatoms. The lowest BCUT2D eigenvalue weighted by Gasteiger charge is -2.39. The van der Waals surface area contributed by atoms with E-state index >= 15 is 0 Å². The summed E-state index contributed by atoms with van der Waals surface area (Å²) in [5.74, 6) is 1.40. The van der Waals surface area contributed by atoms with Crippen molar-refractivity contribution >= 4 is 5.95 Å². The zero-order chi connectivity index (χ0) is 12.3. The molecule has 0 saturated carbocycles. The molecule has 6 nitrogen and oxygen atoms in total. The number of aromatic nitrogens is 2. The number of likely N-dealkylation sites (N-methyl/N-ethyl adjacent to an activating group) is 1. The minimum absolute atomic E-state index is 0.280. The molecule has 1 atom stereocenters. The number of anilines is 1. The molecular weight excluding hydrogens is 218 g/mol. The molecule has 0 amide bonds. The molecule has 17 heavy (non-hydrogen) atoms. The molecule has 0 radical (unpaired) electrons. The molecule has 1 saturated heterocycles. The van der Waals surface area contributed by atoms with Crippen molar-refractivity contribution < 1.29 is 4.74 Å². The monoisotopic (exact) mass is 237 g/mol. The quantitative estimate of drug-likeness (QED) is 0.769. The van der Waals surface area contributed by atoms with Crippen LogP contribution < -0.4 is 15.4 Å². The minimum atomic E-state index is 0.280. The molecule has 1 aromatic rings. The van der Waals surface area contributed by atoms with Gasteiger partial charge in [0.25, 0.3) is 0 Å². The molecule has 0 bridgehead atoms. The second kappa shape index (κ2) is 5.29. The maximum atomic E-state index is 5.80. The van der Waals surface area contributed by atoms with Crippen LogP contribution in [0.25, 0.3) is 0 Å². The van der Waals surface area contributed by atoms with Crippen LogP contribution in [-0.4, -0.2) is 61.2 Å². The predicted molar refractivity (Wildman–Crippen MR) is 66.3 cm³/mol. The highest BCUT2D eigenvalue weighted by molar-refractivity contribution is 5.34. The lowest BCUT2D eigenvalue weighted by Crippen LogP contribution is -2.55. The molecular formula is C11H19N5O. The van der Waals surface area contributed by atoms with Gasteiger partial charge in [0.2, 0.25) is 5.95 Å². The zero-order valence-electron chi connectivity index (χ0n) is 10.3. The normalized spacial score (nSPS) is 21.6. The van der Waals surface area contributed by atoms with Gasteiger partial charge < -0.3 is 20.3 Å². The van der Waals surface area contributed by atoms with Crippen molar-refractivity contribution in [2.75, 3.05) is 45.2 Å². The van der Waals surface area contributed by atoms with Gasteiger partial charge in [-0.2, -0.15) is 0 Å². The summed E-state index contributed by atoms with van der Waals surface area (Å²) in [6, 6.07) is 0.280. The Bertz CT molecular complexity index is 355. The number of methoxy groups -OCH3 is 1. The van der Waals surface area contributed by atoms with Crippen LogP contribution in [0, 0.1) is 0 Å². The molecule has 1 aromatic heterocycles. The van der Waals surface area contributed by atoms with E-state index in [0.717, 1.165) is 25.6 Å². The molecule has 0 spiro atoms. The van der Waals surface area contributed by atoms with E-state index in [2.05, 4.69) is 26.8 Å². The van der Waals surface area contributed by atoms with Crippen molar-refractivity contribution in [1.29, 1.82) is 0 Å². The Hall–Kier alpha value is -1.40. The summed E-state index contributed by atoms with van der Waals surface area (Å²) >= 11 is 0. The first-order valence-corrected chi connectivity index (χ1v) is 5.76. The summed E-state index contributed by atoms with van der Waals surface area (Å²) in [6.07, 6.45) is 3.38. The Morgan fingerprint density at radius 2 is 2.12 bits per heavy atom. The molecule has 94 valence electrons. The average molecular weight is 237 g/mol. The molecule has 1 fully saturated rings. The Balaban J connectivity index is 2.13. The van der Waals surface area contributed by atoms with Crippen LogP contribution in [0.3, 0.4) is 0 Å². The molecule has 1 unspecified atom stereocenters. The number of hydrogen-bond acceptors (Lipinski definition) is 6. The highest BCUT2D eigenvalue weighted by Gasteiger charge is 2.25. The van der Waals surface area contributed by atoms with E-state index in [4.69, 9.17) is 10.5 Å². The van der Waals surface area contributed by atoms with Crippen molar-refractivity contribution in [2.24, 2.45) is 5.73 Å². The van der Waals surface area contributed by atoms with E-state index < -0.39 is 0 Å². The first kappa shape index (κ1) is 12.1. The molecule has 1 aliphatic heterocycles. The summed E-state index contributed by atoms with van der Waals surface area (Å²) in [5, 5.41) is 0. The van der Waals surface area contributed by atoms with Crippen LogP contribution in [0.4, 0.5) is 5.95 Å². The summed E-state index contributed by atoms with van der Waals surface area (Å²) in [7, 11) is 3.71. The highest BCUT2D eigenvalue weighted by Crippen LogP contribution is 2.16. The SMILES string of the molecule is COc1cnc(N2CCN(C)CC2CN)nc1. The maximum absolute atomic E-state index is 5.80. The van der Waals surface area contributed by atoms with E-state index in [1.807, 2.05) is 0 Å². The topological polar surface area (TPSA) is 67.5 Å². The lowest BCUT2D eigenvalue weighted by molar-refractivity contribution is 0.267. The van der Waals surface area contributed by atoms with Crippen molar-refractivity contribution in [3.05, 3.63) is 12.4 Å².